The fraction of sp³-hybridized carbons (Fsp3) is 0.304. The predicted molar refractivity (Wildman–Crippen MR) is 114 cm³/mol. The van der Waals surface area contributed by atoms with Crippen molar-refractivity contribution in [1.29, 1.82) is 0 Å². The number of rotatable bonds is 12. The fourth-order valence-corrected chi connectivity index (χ4v) is 2.54. The number of hydrogen-bond donors (Lipinski definition) is 2. The quantitative estimate of drug-likeness (QED) is 0.389. The molecule has 2 aromatic rings. The zero-order valence-electron chi connectivity index (χ0n) is 17.3. The maximum Gasteiger partial charge on any atom is 0.333 e. The van der Waals surface area contributed by atoms with Crippen molar-refractivity contribution >= 4 is 22.7 Å². The highest BCUT2D eigenvalue weighted by Gasteiger charge is 2.16. The lowest BCUT2D eigenvalue weighted by Gasteiger charge is -2.18. The van der Waals surface area contributed by atoms with Gasteiger partial charge in [-0.25, -0.2) is 9.59 Å². The molecule has 0 aromatic heterocycles. The number of benzene rings is 2. The standard InChI is InChI=1S/C23H26O8/c1-4-22(26)31-17(11-24)14-29-21-10-9-20(18-7-5-6-8-19(18)21)28-12-16(25)13-30-23(27)15(2)3/h4-10,16-17,24-25H,1-2,11-14H2,3H3. The molecule has 8 heteroatoms. The lowest BCUT2D eigenvalue weighted by atomic mass is 10.1. The van der Waals surface area contributed by atoms with Gasteiger partial charge in [-0.15, -0.1) is 0 Å². The number of ether oxygens (including phenoxy) is 4. The van der Waals surface area contributed by atoms with Crippen LogP contribution in [0, 0.1) is 0 Å². The fourth-order valence-electron chi connectivity index (χ4n) is 2.54. The highest BCUT2D eigenvalue weighted by atomic mass is 16.6. The summed E-state index contributed by atoms with van der Waals surface area (Å²) in [7, 11) is 0. The van der Waals surface area contributed by atoms with Crippen LogP contribution < -0.4 is 9.47 Å². The summed E-state index contributed by atoms with van der Waals surface area (Å²) < 4.78 is 21.4. The molecule has 0 aliphatic rings. The second kappa shape index (κ2) is 11.7. The summed E-state index contributed by atoms with van der Waals surface area (Å²) in [6, 6.07) is 10.7. The summed E-state index contributed by atoms with van der Waals surface area (Å²) in [6.07, 6.45) is -0.835. The molecule has 2 N–H and O–H groups in total. The number of aliphatic hydroxyl groups excluding tert-OH is 2. The Morgan fingerprint density at radius 1 is 1.03 bits per heavy atom. The molecule has 0 radical (unpaired) electrons. The molecule has 0 aliphatic carbocycles. The molecule has 2 unspecified atom stereocenters. The lowest BCUT2D eigenvalue weighted by molar-refractivity contribution is -0.146. The van der Waals surface area contributed by atoms with Crippen molar-refractivity contribution in [1.82, 2.24) is 0 Å². The number of fused-ring (bicyclic) bond motifs is 1. The van der Waals surface area contributed by atoms with Crippen LogP contribution in [0.2, 0.25) is 0 Å². The van der Waals surface area contributed by atoms with E-state index in [9.17, 15) is 19.8 Å². The Kier molecular flexibility index (Phi) is 9.05. The van der Waals surface area contributed by atoms with Crippen LogP contribution in [0.5, 0.6) is 11.5 Å². The minimum Gasteiger partial charge on any atom is -0.490 e. The van der Waals surface area contributed by atoms with Gasteiger partial charge in [-0.1, -0.05) is 37.4 Å². The Morgan fingerprint density at radius 3 is 2.13 bits per heavy atom. The van der Waals surface area contributed by atoms with Gasteiger partial charge in [0.15, 0.2) is 6.10 Å². The largest absolute Gasteiger partial charge is 0.490 e. The van der Waals surface area contributed by atoms with Gasteiger partial charge in [-0.2, -0.15) is 0 Å². The van der Waals surface area contributed by atoms with E-state index in [0.29, 0.717) is 11.5 Å². The number of esters is 2. The first kappa shape index (κ1) is 23.9. The van der Waals surface area contributed by atoms with Crippen molar-refractivity contribution in [2.45, 2.75) is 19.1 Å². The first-order valence-corrected chi connectivity index (χ1v) is 9.57. The highest BCUT2D eigenvalue weighted by molar-refractivity contribution is 5.93. The number of carbonyl (C=O) groups excluding carboxylic acids is 2. The molecule has 0 aliphatic heterocycles. The summed E-state index contributed by atoms with van der Waals surface area (Å²) in [6.45, 7) is 7.57. The molecule has 166 valence electrons. The normalized spacial score (nSPS) is 12.5. The van der Waals surface area contributed by atoms with Crippen LogP contribution in [-0.2, 0) is 19.1 Å². The second-order valence-corrected chi connectivity index (χ2v) is 6.71. The molecule has 0 amide bonds. The smallest absolute Gasteiger partial charge is 0.333 e. The predicted octanol–water partition coefficient (Wildman–Crippen LogP) is 2.17. The molecule has 31 heavy (non-hydrogen) atoms. The van der Waals surface area contributed by atoms with Crippen LogP contribution in [0.3, 0.4) is 0 Å². The van der Waals surface area contributed by atoms with Gasteiger partial charge in [0.2, 0.25) is 0 Å². The third kappa shape index (κ3) is 7.13. The molecule has 0 spiro atoms. The van der Waals surface area contributed by atoms with Crippen LogP contribution in [0.15, 0.2) is 61.2 Å². The summed E-state index contributed by atoms with van der Waals surface area (Å²) >= 11 is 0. The molecule has 0 saturated carbocycles. The van der Waals surface area contributed by atoms with E-state index in [0.717, 1.165) is 16.8 Å². The van der Waals surface area contributed by atoms with Crippen LogP contribution in [0.1, 0.15) is 6.92 Å². The minimum absolute atomic E-state index is 0.0485. The lowest BCUT2D eigenvalue weighted by Crippen LogP contribution is -2.27. The van der Waals surface area contributed by atoms with Crippen molar-refractivity contribution < 1.29 is 38.7 Å². The molecular formula is C23H26O8. The van der Waals surface area contributed by atoms with Crippen LogP contribution in [0.25, 0.3) is 10.8 Å². The molecule has 2 rings (SSSR count). The van der Waals surface area contributed by atoms with Gasteiger partial charge in [0, 0.05) is 22.4 Å². The first-order valence-electron chi connectivity index (χ1n) is 9.57. The Labute approximate surface area is 180 Å². The van der Waals surface area contributed by atoms with E-state index in [1.807, 2.05) is 24.3 Å². The topological polar surface area (TPSA) is 112 Å². The van der Waals surface area contributed by atoms with Gasteiger partial charge < -0.3 is 29.2 Å². The first-order chi connectivity index (χ1) is 14.8. The van der Waals surface area contributed by atoms with Crippen molar-refractivity contribution in [2.24, 2.45) is 0 Å². The van der Waals surface area contributed by atoms with E-state index in [2.05, 4.69) is 13.2 Å². The van der Waals surface area contributed by atoms with Crippen LogP contribution >= 0.6 is 0 Å². The molecule has 0 bridgehead atoms. The Bertz CT molecular complexity index is 936. The van der Waals surface area contributed by atoms with E-state index in [1.54, 1.807) is 12.1 Å². The molecule has 0 heterocycles. The monoisotopic (exact) mass is 430 g/mol. The Balaban J connectivity index is 2.05. The van der Waals surface area contributed by atoms with Gasteiger partial charge in [-0.05, 0) is 19.1 Å². The number of aliphatic hydroxyl groups is 2. The van der Waals surface area contributed by atoms with E-state index >= 15 is 0 Å². The van der Waals surface area contributed by atoms with E-state index in [4.69, 9.17) is 18.9 Å². The van der Waals surface area contributed by atoms with Gasteiger partial charge in [0.05, 0.1) is 6.61 Å². The van der Waals surface area contributed by atoms with Crippen molar-refractivity contribution in [2.75, 3.05) is 26.4 Å². The maximum absolute atomic E-state index is 11.4. The zero-order valence-corrected chi connectivity index (χ0v) is 17.3. The average Bonchev–Trinajstić information content (AvgIpc) is 2.78. The van der Waals surface area contributed by atoms with Crippen molar-refractivity contribution in [3.8, 4) is 11.5 Å². The van der Waals surface area contributed by atoms with Gasteiger partial charge >= 0.3 is 11.9 Å². The molecule has 8 nitrogen and oxygen atoms in total. The maximum atomic E-state index is 11.4. The third-order valence-electron chi connectivity index (χ3n) is 4.11. The van der Waals surface area contributed by atoms with Crippen LogP contribution in [0.4, 0.5) is 0 Å². The summed E-state index contributed by atoms with van der Waals surface area (Å²) in [4.78, 5) is 22.7. The van der Waals surface area contributed by atoms with Crippen molar-refractivity contribution in [3.63, 3.8) is 0 Å². The summed E-state index contributed by atoms with van der Waals surface area (Å²) in [5.41, 5.74) is 0.248. The second-order valence-electron chi connectivity index (χ2n) is 6.71. The average molecular weight is 430 g/mol. The van der Waals surface area contributed by atoms with Gasteiger partial charge in [0.25, 0.3) is 0 Å². The van der Waals surface area contributed by atoms with Crippen molar-refractivity contribution in [3.05, 3.63) is 61.2 Å². The SMILES string of the molecule is C=CC(=O)OC(CO)COc1ccc(OCC(O)COC(=O)C(=C)C)c2ccccc12. The van der Waals surface area contributed by atoms with E-state index in [-0.39, 0.29) is 25.4 Å². The minimum atomic E-state index is -1.01. The zero-order chi connectivity index (χ0) is 22.8. The van der Waals surface area contributed by atoms with Crippen LogP contribution in [-0.4, -0.2) is 60.8 Å². The summed E-state index contributed by atoms with van der Waals surface area (Å²) in [5, 5.41) is 20.8. The molecule has 0 saturated heterocycles. The van der Waals surface area contributed by atoms with Gasteiger partial charge in [0.1, 0.15) is 37.4 Å². The molecular weight excluding hydrogens is 404 g/mol. The molecule has 2 atom stereocenters. The Morgan fingerprint density at radius 2 is 1.61 bits per heavy atom. The molecule has 2 aromatic carbocycles. The summed E-state index contributed by atoms with van der Waals surface area (Å²) in [5.74, 6) is -0.216. The highest BCUT2D eigenvalue weighted by Crippen LogP contribution is 2.33. The molecule has 0 fully saturated rings. The van der Waals surface area contributed by atoms with E-state index in [1.165, 1.54) is 6.92 Å². The third-order valence-corrected chi connectivity index (χ3v) is 4.11. The Hall–Kier alpha value is -3.36. The number of hydrogen-bond acceptors (Lipinski definition) is 8. The van der Waals surface area contributed by atoms with E-state index < -0.39 is 30.8 Å². The van der Waals surface area contributed by atoms with Gasteiger partial charge in [-0.3, -0.25) is 0 Å². The number of carbonyl (C=O) groups is 2.